The highest BCUT2D eigenvalue weighted by Gasteiger charge is 2.17. The Hall–Kier alpha value is -3.00. The first-order chi connectivity index (χ1) is 10.2. The number of nitrogens with zero attached hydrogens (tertiary/aromatic N) is 1. The highest BCUT2D eigenvalue weighted by atomic mass is 16.5. The molecule has 0 fully saturated rings. The molecule has 0 saturated carbocycles. The summed E-state index contributed by atoms with van der Waals surface area (Å²) in [6.45, 7) is 0.0992. The number of nitrogen functional groups attached to an aromatic ring is 1. The lowest BCUT2D eigenvalue weighted by Gasteiger charge is -2.11. The van der Waals surface area contributed by atoms with E-state index in [0.29, 0.717) is 17.0 Å². The second kappa shape index (κ2) is 6.44. The van der Waals surface area contributed by atoms with Gasteiger partial charge in [-0.15, -0.1) is 0 Å². The van der Waals surface area contributed by atoms with E-state index in [1.54, 1.807) is 42.5 Å². The van der Waals surface area contributed by atoms with Gasteiger partial charge < -0.3 is 15.2 Å². The van der Waals surface area contributed by atoms with Crippen LogP contribution < -0.4 is 10.5 Å². The predicted molar refractivity (Wildman–Crippen MR) is 77.7 cm³/mol. The van der Waals surface area contributed by atoms with Crippen LogP contribution in [-0.2, 0) is 11.3 Å². The minimum absolute atomic E-state index is 0.0992. The normalized spacial score (nSPS) is 9.71. The van der Waals surface area contributed by atoms with Crippen LogP contribution in [0, 0.1) is 11.3 Å². The average molecular weight is 282 g/mol. The van der Waals surface area contributed by atoms with Gasteiger partial charge in [0.15, 0.2) is 0 Å². The molecule has 5 nitrogen and oxygen atoms in total. The molecular weight excluding hydrogens is 268 g/mol. The molecule has 21 heavy (non-hydrogen) atoms. The van der Waals surface area contributed by atoms with Crippen molar-refractivity contribution in [3.8, 4) is 11.8 Å². The SMILES string of the molecule is COc1cccc(N)c1C(=O)OCc1ccc(C#N)cc1. The maximum absolute atomic E-state index is 12.1. The van der Waals surface area contributed by atoms with Crippen LogP contribution in [-0.4, -0.2) is 13.1 Å². The van der Waals surface area contributed by atoms with Gasteiger partial charge in [0.05, 0.1) is 18.7 Å². The van der Waals surface area contributed by atoms with Gasteiger partial charge in [0.2, 0.25) is 0 Å². The van der Waals surface area contributed by atoms with Crippen molar-refractivity contribution in [3.63, 3.8) is 0 Å². The minimum Gasteiger partial charge on any atom is -0.496 e. The van der Waals surface area contributed by atoms with E-state index >= 15 is 0 Å². The number of hydrogen-bond acceptors (Lipinski definition) is 5. The number of rotatable bonds is 4. The Balaban J connectivity index is 2.10. The Labute approximate surface area is 122 Å². The van der Waals surface area contributed by atoms with Crippen LogP contribution >= 0.6 is 0 Å². The third-order valence-corrected chi connectivity index (χ3v) is 2.94. The average Bonchev–Trinajstić information content (AvgIpc) is 2.52. The Morgan fingerprint density at radius 2 is 1.95 bits per heavy atom. The zero-order chi connectivity index (χ0) is 15.2. The summed E-state index contributed by atoms with van der Waals surface area (Å²) in [7, 11) is 1.46. The smallest absolute Gasteiger partial charge is 0.344 e. The topological polar surface area (TPSA) is 85.3 Å². The standard InChI is InChI=1S/C16H14N2O3/c1-20-14-4-2-3-13(18)15(14)16(19)21-10-12-7-5-11(9-17)6-8-12/h2-8H,10,18H2,1H3. The third kappa shape index (κ3) is 3.31. The van der Waals surface area contributed by atoms with Gasteiger partial charge in [0.1, 0.15) is 17.9 Å². The van der Waals surface area contributed by atoms with Gasteiger partial charge in [-0.05, 0) is 29.8 Å². The number of benzene rings is 2. The zero-order valence-corrected chi connectivity index (χ0v) is 11.5. The molecule has 0 radical (unpaired) electrons. The quantitative estimate of drug-likeness (QED) is 0.688. The predicted octanol–water partition coefficient (Wildman–Crippen LogP) is 2.51. The fourth-order valence-corrected chi connectivity index (χ4v) is 1.83. The number of carbonyl (C=O) groups is 1. The second-order valence-corrected chi connectivity index (χ2v) is 4.31. The molecule has 0 aliphatic carbocycles. The van der Waals surface area contributed by atoms with Crippen molar-refractivity contribution < 1.29 is 14.3 Å². The van der Waals surface area contributed by atoms with E-state index in [2.05, 4.69) is 0 Å². The third-order valence-electron chi connectivity index (χ3n) is 2.94. The highest BCUT2D eigenvalue weighted by molar-refractivity contribution is 5.98. The molecule has 0 aliphatic heterocycles. The van der Waals surface area contributed by atoms with Gasteiger partial charge in [-0.2, -0.15) is 5.26 Å². The lowest BCUT2D eigenvalue weighted by Crippen LogP contribution is -2.10. The highest BCUT2D eigenvalue weighted by Crippen LogP contribution is 2.25. The Morgan fingerprint density at radius 3 is 2.57 bits per heavy atom. The number of carbonyl (C=O) groups excluding carboxylic acids is 1. The van der Waals surface area contributed by atoms with E-state index in [-0.39, 0.29) is 12.2 Å². The van der Waals surface area contributed by atoms with Crippen LogP contribution in [0.15, 0.2) is 42.5 Å². The first-order valence-corrected chi connectivity index (χ1v) is 6.24. The maximum Gasteiger partial charge on any atom is 0.344 e. The van der Waals surface area contributed by atoms with Crippen LogP contribution in [0.4, 0.5) is 5.69 Å². The van der Waals surface area contributed by atoms with Crippen LogP contribution in [0.1, 0.15) is 21.5 Å². The molecule has 0 aliphatic rings. The van der Waals surface area contributed by atoms with Gasteiger partial charge >= 0.3 is 5.97 Å². The lowest BCUT2D eigenvalue weighted by atomic mass is 10.1. The van der Waals surface area contributed by atoms with Crippen molar-refractivity contribution in [2.75, 3.05) is 12.8 Å². The van der Waals surface area contributed by atoms with Crippen LogP contribution in [0.2, 0.25) is 0 Å². The molecule has 2 N–H and O–H groups in total. The molecule has 0 atom stereocenters. The summed E-state index contributed by atoms with van der Waals surface area (Å²) in [5, 5.41) is 8.72. The summed E-state index contributed by atoms with van der Waals surface area (Å²) >= 11 is 0. The maximum atomic E-state index is 12.1. The monoisotopic (exact) mass is 282 g/mol. The number of nitrogens with two attached hydrogens (primary N) is 1. The first kappa shape index (κ1) is 14.4. The number of methoxy groups -OCH3 is 1. The summed E-state index contributed by atoms with van der Waals surface area (Å²) in [5.74, 6) is -0.172. The summed E-state index contributed by atoms with van der Waals surface area (Å²) in [6.07, 6.45) is 0. The molecule has 0 saturated heterocycles. The number of hydrogen-bond donors (Lipinski definition) is 1. The first-order valence-electron chi connectivity index (χ1n) is 6.24. The largest absolute Gasteiger partial charge is 0.496 e. The van der Waals surface area contributed by atoms with Crippen molar-refractivity contribution >= 4 is 11.7 Å². The van der Waals surface area contributed by atoms with Gasteiger partial charge in [0, 0.05) is 5.69 Å². The molecule has 2 aromatic rings. The van der Waals surface area contributed by atoms with E-state index in [4.69, 9.17) is 20.5 Å². The fourth-order valence-electron chi connectivity index (χ4n) is 1.83. The van der Waals surface area contributed by atoms with E-state index < -0.39 is 5.97 Å². The minimum atomic E-state index is -0.547. The van der Waals surface area contributed by atoms with Crippen molar-refractivity contribution in [2.45, 2.75) is 6.61 Å². The van der Waals surface area contributed by atoms with Crippen molar-refractivity contribution in [1.82, 2.24) is 0 Å². The number of ether oxygens (including phenoxy) is 2. The van der Waals surface area contributed by atoms with E-state index in [1.807, 2.05) is 6.07 Å². The van der Waals surface area contributed by atoms with Gasteiger partial charge in [-0.25, -0.2) is 4.79 Å². The molecule has 0 amide bonds. The van der Waals surface area contributed by atoms with E-state index in [1.165, 1.54) is 7.11 Å². The Kier molecular flexibility index (Phi) is 4.42. The summed E-state index contributed by atoms with van der Waals surface area (Å²) in [5.41, 5.74) is 7.65. The molecular formula is C16H14N2O3. The second-order valence-electron chi connectivity index (χ2n) is 4.31. The van der Waals surface area contributed by atoms with E-state index in [0.717, 1.165) is 5.56 Å². The summed E-state index contributed by atoms with van der Waals surface area (Å²) in [4.78, 5) is 12.1. The molecule has 0 bridgehead atoms. The van der Waals surface area contributed by atoms with Crippen molar-refractivity contribution in [3.05, 3.63) is 59.2 Å². The molecule has 0 heterocycles. The van der Waals surface area contributed by atoms with Crippen LogP contribution in [0.3, 0.4) is 0 Å². The Bertz CT molecular complexity index is 688. The summed E-state index contributed by atoms with van der Waals surface area (Å²) < 4.78 is 10.3. The van der Waals surface area contributed by atoms with Crippen molar-refractivity contribution in [2.24, 2.45) is 0 Å². The zero-order valence-electron chi connectivity index (χ0n) is 11.5. The molecule has 2 aromatic carbocycles. The van der Waals surface area contributed by atoms with Gasteiger partial charge in [0.25, 0.3) is 0 Å². The fraction of sp³-hybridized carbons (Fsp3) is 0.125. The Morgan fingerprint density at radius 1 is 1.24 bits per heavy atom. The van der Waals surface area contributed by atoms with Crippen molar-refractivity contribution in [1.29, 1.82) is 5.26 Å². The number of anilines is 1. The molecule has 0 aromatic heterocycles. The lowest BCUT2D eigenvalue weighted by molar-refractivity contribution is 0.0470. The number of esters is 1. The van der Waals surface area contributed by atoms with Gasteiger partial charge in [-0.3, -0.25) is 0 Å². The molecule has 5 heteroatoms. The van der Waals surface area contributed by atoms with Crippen LogP contribution in [0.5, 0.6) is 5.75 Å². The van der Waals surface area contributed by atoms with Gasteiger partial charge in [-0.1, -0.05) is 18.2 Å². The van der Waals surface area contributed by atoms with Crippen LogP contribution in [0.25, 0.3) is 0 Å². The molecule has 0 spiro atoms. The molecule has 106 valence electrons. The summed E-state index contributed by atoms with van der Waals surface area (Å²) in [6, 6.07) is 13.8. The van der Waals surface area contributed by atoms with E-state index in [9.17, 15) is 4.79 Å². The molecule has 0 unspecified atom stereocenters. The molecule has 2 rings (SSSR count). The number of nitriles is 1.